The van der Waals surface area contributed by atoms with Crippen LogP contribution in [0, 0.1) is 0 Å². The summed E-state index contributed by atoms with van der Waals surface area (Å²) < 4.78 is 0. The average molecular weight is 157 g/mol. The molecule has 0 aromatic carbocycles. The maximum absolute atomic E-state index is 10.6. The van der Waals surface area contributed by atoms with Crippen LogP contribution >= 0.6 is 0 Å². The van der Waals surface area contributed by atoms with Crippen LogP contribution in [0.25, 0.3) is 0 Å². The van der Waals surface area contributed by atoms with Crippen molar-refractivity contribution in [3.63, 3.8) is 0 Å². The Morgan fingerprint density at radius 2 is 2.18 bits per heavy atom. The Balaban J connectivity index is 2.68. The summed E-state index contributed by atoms with van der Waals surface area (Å²) in [4.78, 5) is 30.9. The minimum Gasteiger partial charge on any atom is -0.465 e. The fraction of sp³-hybridized carbons (Fsp3) is 0. The van der Waals surface area contributed by atoms with E-state index in [9.17, 15) is 14.4 Å². The summed E-state index contributed by atoms with van der Waals surface area (Å²) in [6.45, 7) is 0. The zero-order chi connectivity index (χ0) is 8.43. The van der Waals surface area contributed by atoms with Gasteiger partial charge in [0, 0.05) is 0 Å². The summed E-state index contributed by atoms with van der Waals surface area (Å²) in [6, 6.07) is 0. The molecule has 7 heteroatoms. The first-order valence-corrected chi connectivity index (χ1v) is 2.53. The van der Waals surface area contributed by atoms with Gasteiger partial charge in [0.25, 0.3) is 5.78 Å². The van der Waals surface area contributed by atoms with Crippen LogP contribution < -0.4 is 10.7 Å². The van der Waals surface area contributed by atoms with Crippen LogP contribution in [0.4, 0.5) is 4.79 Å². The maximum atomic E-state index is 10.6. The molecule has 7 nitrogen and oxygen atoms in total. The fourth-order valence-corrected chi connectivity index (χ4v) is 0.502. The first kappa shape index (κ1) is 7.19. The molecule has 0 atom stereocenters. The Hall–Kier alpha value is -1.92. The van der Waals surface area contributed by atoms with Gasteiger partial charge in [-0.3, -0.25) is 14.9 Å². The molecule has 0 aliphatic carbocycles. The van der Waals surface area contributed by atoms with Crippen molar-refractivity contribution < 1.29 is 19.5 Å². The average Bonchev–Trinajstić information content (AvgIpc) is 2.18. The summed E-state index contributed by atoms with van der Waals surface area (Å²) in [6.07, 6.45) is -1.44. The molecule has 0 bridgehead atoms. The van der Waals surface area contributed by atoms with Gasteiger partial charge in [-0.05, 0) is 0 Å². The summed E-state index contributed by atoms with van der Waals surface area (Å²) in [5.41, 5.74) is 1.80. The van der Waals surface area contributed by atoms with Crippen molar-refractivity contribution >= 4 is 23.6 Å². The lowest BCUT2D eigenvalue weighted by Gasteiger charge is -1.91. The van der Waals surface area contributed by atoms with E-state index in [1.807, 2.05) is 0 Å². The zero-order valence-corrected chi connectivity index (χ0v) is 5.12. The summed E-state index contributed by atoms with van der Waals surface area (Å²) in [5, 5.41) is 12.9. The van der Waals surface area contributed by atoms with Crippen molar-refractivity contribution in [3.05, 3.63) is 0 Å². The molecule has 0 aromatic heterocycles. The molecule has 2 amide bonds. The number of hydrogen-bond donors (Lipinski definition) is 3. The Labute approximate surface area is 60.1 Å². The molecule has 3 N–H and O–H groups in total. The SMILES string of the molecule is O=C(O)NC1=NNC(=O)C1=O. The second kappa shape index (κ2) is 2.37. The first-order valence-electron chi connectivity index (χ1n) is 2.53. The predicted octanol–water partition coefficient (Wildman–Crippen LogP) is -1.73. The van der Waals surface area contributed by atoms with E-state index < -0.39 is 23.6 Å². The van der Waals surface area contributed by atoms with Gasteiger partial charge in [-0.15, -0.1) is 5.10 Å². The van der Waals surface area contributed by atoms with Crippen molar-refractivity contribution in [2.75, 3.05) is 0 Å². The van der Waals surface area contributed by atoms with Gasteiger partial charge < -0.3 is 5.11 Å². The van der Waals surface area contributed by atoms with Crippen molar-refractivity contribution in [2.45, 2.75) is 0 Å². The highest BCUT2D eigenvalue weighted by Crippen LogP contribution is 1.86. The van der Waals surface area contributed by atoms with Crippen LogP contribution in [0.1, 0.15) is 0 Å². The highest BCUT2D eigenvalue weighted by atomic mass is 16.4. The van der Waals surface area contributed by atoms with Gasteiger partial charge in [-0.2, -0.15) is 0 Å². The van der Waals surface area contributed by atoms with Crippen molar-refractivity contribution in [2.24, 2.45) is 5.10 Å². The minimum atomic E-state index is -1.44. The van der Waals surface area contributed by atoms with Crippen molar-refractivity contribution in [1.82, 2.24) is 10.7 Å². The molecule has 0 radical (unpaired) electrons. The lowest BCUT2D eigenvalue weighted by molar-refractivity contribution is -0.133. The minimum absolute atomic E-state index is 0.498. The molecule has 0 saturated heterocycles. The molecule has 1 aliphatic heterocycles. The number of carboxylic acid groups (broad SMARTS) is 1. The third-order valence-electron chi connectivity index (χ3n) is 0.916. The first-order chi connectivity index (χ1) is 5.11. The molecule has 0 fully saturated rings. The summed E-state index contributed by atoms with van der Waals surface area (Å²) in [5.74, 6) is -2.41. The molecule has 1 heterocycles. The number of amides is 2. The van der Waals surface area contributed by atoms with E-state index in [1.165, 1.54) is 0 Å². The van der Waals surface area contributed by atoms with Gasteiger partial charge in [0.15, 0.2) is 0 Å². The molecule has 1 rings (SSSR count). The van der Waals surface area contributed by atoms with Gasteiger partial charge in [0.2, 0.25) is 5.84 Å². The second-order valence-corrected chi connectivity index (χ2v) is 1.66. The molecule has 0 unspecified atom stereocenters. The lowest BCUT2D eigenvalue weighted by Crippen LogP contribution is -2.35. The van der Waals surface area contributed by atoms with E-state index in [-0.39, 0.29) is 0 Å². The number of rotatable bonds is 0. The van der Waals surface area contributed by atoms with E-state index in [0.29, 0.717) is 0 Å². The van der Waals surface area contributed by atoms with Gasteiger partial charge in [-0.25, -0.2) is 10.2 Å². The Kier molecular flexibility index (Phi) is 1.55. The van der Waals surface area contributed by atoms with Crippen molar-refractivity contribution in [3.8, 4) is 0 Å². The number of carbonyl (C=O) groups excluding carboxylic acids is 2. The molecule has 58 valence electrons. The highest BCUT2D eigenvalue weighted by molar-refractivity contribution is 6.66. The van der Waals surface area contributed by atoms with Crippen LogP contribution in [-0.2, 0) is 9.59 Å². The number of ketones is 1. The molecule has 0 spiro atoms. The number of carbonyl (C=O) groups is 3. The number of hydrogen-bond acceptors (Lipinski definition) is 4. The number of amidine groups is 1. The van der Waals surface area contributed by atoms with E-state index in [1.54, 1.807) is 10.7 Å². The van der Waals surface area contributed by atoms with Gasteiger partial charge in [0.1, 0.15) is 0 Å². The van der Waals surface area contributed by atoms with E-state index in [4.69, 9.17) is 5.11 Å². The van der Waals surface area contributed by atoms with Gasteiger partial charge in [0.05, 0.1) is 0 Å². The fourth-order valence-electron chi connectivity index (χ4n) is 0.502. The third kappa shape index (κ3) is 1.31. The second-order valence-electron chi connectivity index (χ2n) is 1.66. The van der Waals surface area contributed by atoms with Crippen molar-refractivity contribution in [1.29, 1.82) is 0 Å². The molecule has 11 heavy (non-hydrogen) atoms. The molecular formula is C4H3N3O4. The number of nitrogens with zero attached hydrogens (tertiary/aromatic N) is 1. The molecule has 1 aliphatic rings. The van der Waals surface area contributed by atoms with Gasteiger partial charge >= 0.3 is 12.0 Å². The maximum Gasteiger partial charge on any atom is 0.410 e. The normalized spacial score (nSPS) is 15.8. The third-order valence-corrected chi connectivity index (χ3v) is 0.916. The Morgan fingerprint density at radius 3 is 2.55 bits per heavy atom. The standard InChI is InChI=1S/C4H3N3O4/c8-1-2(5-4(10)11)6-7-3(1)9/h(H,10,11)(H2,5,6,7,8,9). The van der Waals surface area contributed by atoms with Crippen LogP contribution in [-0.4, -0.2) is 28.7 Å². The topological polar surface area (TPSA) is 108 Å². The van der Waals surface area contributed by atoms with Crippen LogP contribution in [0.15, 0.2) is 5.10 Å². The van der Waals surface area contributed by atoms with E-state index >= 15 is 0 Å². The molecule has 0 aromatic rings. The smallest absolute Gasteiger partial charge is 0.410 e. The Morgan fingerprint density at radius 1 is 1.55 bits per heavy atom. The lowest BCUT2D eigenvalue weighted by atomic mass is 10.4. The predicted molar refractivity (Wildman–Crippen MR) is 31.7 cm³/mol. The van der Waals surface area contributed by atoms with Gasteiger partial charge in [-0.1, -0.05) is 0 Å². The number of Topliss-reactive ketones (excluding diaryl/α,β-unsaturated/α-hetero) is 1. The quantitative estimate of drug-likeness (QED) is 0.363. The number of nitrogens with one attached hydrogen (secondary N) is 2. The summed E-state index contributed by atoms with van der Waals surface area (Å²) >= 11 is 0. The zero-order valence-electron chi connectivity index (χ0n) is 5.12. The Bertz CT molecular complexity index is 269. The molecule has 0 saturated carbocycles. The van der Waals surface area contributed by atoms with Crippen LogP contribution in [0.2, 0.25) is 0 Å². The van der Waals surface area contributed by atoms with E-state index in [2.05, 4.69) is 5.10 Å². The molecular weight excluding hydrogens is 154 g/mol. The van der Waals surface area contributed by atoms with E-state index in [0.717, 1.165) is 0 Å². The largest absolute Gasteiger partial charge is 0.465 e. The van der Waals surface area contributed by atoms with Crippen LogP contribution in [0.3, 0.4) is 0 Å². The van der Waals surface area contributed by atoms with Crippen LogP contribution in [0.5, 0.6) is 0 Å². The monoisotopic (exact) mass is 157 g/mol. The summed E-state index contributed by atoms with van der Waals surface area (Å²) in [7, 11) is 0. The highest BCUT2D eigenvalue weighted by Gasteiger charge is 2.27. The number of hydrazone groups is 1.